The zero-order valence-corrected chi connectivity index (χ0v) is 16.8. The summed E-state index contributed by atoms with van der Waals surface area (Å²) in [6, 6.07) is 4.49. The van der Waals surface area contributed by atoms with Crippen LogP contribution < -0.4 is 5.32 Å². The van der Waals surface area contributed by atoms with Crippen LogP contribution in [0, 0.1) is 6.92 Å². The highest BCUT2D eigenvalue weighted by atomic mass is 35.5. The van der Waals surface area contributed by atoms with E-state index in [2.05, 4.69) is 5.32 Å². The third kappa shape index (κ3) is 4.26. The molecule has 0 bridgehead atoms. The smallest absolute Gasteiger partial charge is 0.341 e. The van der Waals surface area contributed by atoms with E-state index in [0.717, 1.165) is 11.3 Å². The van der Waals surface area contributed by atoms with Crippen molar-refractivity contribution in [3.8, 4) is 0 Å². The fourth-order valence-electron chi connectivity index (χ4n) is 2.32. The van der Waals surface area contributed by atoms with Gasteiger partial charge in [-0.15, -0.1) is 11.3 Å². The summed E-state index contributed by atoms with van der Waals surface area (Å²) in [5.74, 6) is -1.20. The van der Waals surface area contributed by atoms with Gasteiger partial charge in [0.05, 0.1) is 27.6 Å². The summed E-state index contributed by atoms with van der Waals surface area (Å²) in [7, 11) is 0. The Hall–Kier alpha value is -1.89. The first-order valence-electron chi connectivity index (χ1n) is 7.90. The number of esters is 1. The van der Waals surface area contributed by atoms with Crippen molar-refractivity contribution < 1.29 is 19.1 Å². The van der Waals surface area contributed by atoms with Gasteiger partial charge in [0.25, 0.3) is 5.91 Å². The highest BCUT2D eigenvalue weighted by Gasteiger charge is 2.26. The number of carbonyl (C=O) groups excluding carboxylic acids is 3. The van der Waals surface area contributed by atoms with Crippen molar-refractivity contribution in [3.05, 3.63) is 49.8 Å². The zero-order valence-electron chi connectivity index (χ0n) is 14.4. The molecule has 1 heterocycles. The van der Waals surface area contributed by atoms with Crippen LogP contribution >= 0.6 is 34.5 Å². The van der Waals surface area contributed by atoms with Crippen LogP contribution in [0.2, 0.25) is 10.0 Å². The standard InChI is InChI=1S/C18H17Cl2NO4S/c1-4-13(22)15-9(3)14(18(24)25-5-2)17(26-15)21-16(23)11-7-6-10(19)8-12(11)20/h6-8H,4-5H2,1-3H3,(H,21,23). The average Bonchev–Trinajstić information content (AvgIpc) is 2.90. The second-order valence-electron chi connectivity index (χ2n) is 5.34. The van der Waals surface area contributed by atoms with Gasteiger partial charge in [-0.25, -0.2) is 4.79 Å². The third-order valence-electron chi connectivity index (χ3n) is 3.60. The fourth-order valence-corrected chi connectivity index (χ4v) is 4.02. The summed E-state index contributed by atoms with van der Waals surface area (Å²) in [4.78, 5) is 37.4. The largest absolute Gasteiger partial charge is 0.462 e. The van der Waals surface area contributed by atoms with Gasteiger partial charge < -0.3 is 10.1 Å². The summed E-state index contributed by atoms with van der Waals surface area (Å²) >= 11 is 13.0. The molecule has 0 saturated carbocycles. The van der Waals surface area contributed by atoms with Gasteiger partial charge >= 0.3 is 5.97 Å². The van der Waals surface area contributed by atoms with Crippen LogP contribution in [0.1, 0.15) is 56.2 Å². The number of hydrogen-bond donors (Lipinski definition) is 1. The minimum atomic E-state index is -0.589. The first-order valence-corrected chi connectivity index (χ1v) is 9.47. The Morgan fingerprint density at radius 2 is 1.88 bits per heavy atom. The van der Waals surface area contributed by atoms with E-state index in [1.807, 2.05) is 0 Å². The van der Waals surface area contributed by atoms with E-state index in [1.165, 1.54) is 12.1 Å². The molecule has 0 aliphatic heterocycles. The Morgan fingerprint density at radius 3 is 2.46 bits per heavy atom. The number of ether oxygens (including phenoxy) is 1. The molecule has 2 aromatic rings. The lowest BCUT2D eigenvalue weighted by Gasteiger charge is -2.08. The molecule has 0 unspecified atom stereocenters. The van der Waals surface area contributed by atoms with Crippen LogP contribution in [0.15, 0.2) is 18.2 Å². The Kier molecular flexibility index (Phi) is 6.81. The van der Waals surface area contributed by atoms with Gasteiger partial charge in [-0.05, 0) is 37.6 Å². The number of nitrogens with one attached hydrogen (secondary N) is 1. The van der Waals surface area contributed by atoms with Gasteiger partial charge in [0.15, 0.2) is 5.78 Å². The van der Waals surface area contributed by atoms with Crippen LogP contribution in [-0.4, -0.2) is 24.3 Å². The number of ketones is 1. The summed E-state index contributed by atoms with van der Waals surface area (Å²) in [5.41, 5.74) is 0.894. The molecule has 2 rings (SSSR count). The minimum Gasteiger partial charge on any atom is -0.462 e. The number of hydrogen-bond acceptors (Lipinski definition) is 5. The van der Waals surface area contributed by atoms with Crippen LogP contribution in [0.3, 0.4) is 0 Å². The number of benzene rings is 1. The molecule has 0 spiro atoms. The molecule has 0 saturated heterocycles. The predicted molar refractivity (Wildman–Crippen MR) is 104 cm³/mol. The molecule has 1 aromatic heterocycles. The van der Waals surface area contributed by atoms with Crippen molar-refractivity contribution in [2.45, 2.75) is 27.2 Å². The number of halogens is 2. The fraction of sp³-hybridized carbons (Fsp3) is 0.278. The van der Waals surface area contributed by atoms with E-state index >= 15 is 0 Å². The quantitative estimate of drug-likeness (QED) is 0.509. The first kappa shape index (κ1) is 20.4. The van der Waals surface area contributed by atoms with Crippen LogP contribution in [0.25, 0.3) is 0 Å². The summed E-state index contributed by atoms with van der Waals surface area (Å²) in [6.07, 6.45) is 0.292. The molecule has 0 radical (unpaired) electrons. The molecule has 0 fully saturated rings. The maximum absolute atomic E-state index is 12.6. The summed E-state index contributed by atoms with van der Waals surface area (Å²) in [6.45, 7) is 5.26. The van der Waals surface area contributed by atoms with E-state index in [4.69, 9.17) is 27.9 Å². The lowest BCUT2D eigenvalue weighted by atomic mass is 10.1. The monoisotopic (exact) mass is 413 g/mol. The molecule has 1 aromatic carbocycles. The topological polar surface area (TPSA) is 72.5 Å². The van der Waals surface area contributed by atoms with E-state index in [9.17, 15) is 14.4 Å². The molecule has 5 nitrogen and oxygen atoms in total. The summed E-state index contributed by atoms with van der Waals surface area (Å²) in [5, 5.41) is 3.51. The van der Waals surface area contributed by atoms with Crippen molar-refractivity contribution in [2.24, 2.45) is 0 Å². The highest BCUT2D eigenvalue weighted by Crippen LogP contribution is 2.35. The van der Waals surface area contributed by atoms with Crippen molar-refractivity contribution in [1.82, 2.24) is 0 Å². The van der Waals surface area contributed by atoms with E-state index in [1.54, 1.807) is 26.8 Å². The molecule has 138 valence electrons. The number of Topliss-reactive ketones (excluding diaryl/α,β-unsaturated/α-hetero) is 1. The zero-order chi connectivity index (χ0) is 19.4. The molecule has 0 aliphatic carbocycles. The Morgan fingerprint density at radius 1 is 1.19 bits per heavy atom. The van der Waals surface area contributed by atoms with Crippen LogP contribution in [0.5, 0.6) is 0 Å². The molecule has 1 N–H and O–H groups in total. The van der Waals surface area contributed by atoms with Gasteiger partial charge in [0.1, 0.15) is 5.00 Å². The third-order valence-corrected chi connectivity index (χ3v) is 5.40. The van der Waals surface area contributed by atoms with E-state index in [0.29, 0.717) is 21.9 Å². The molecule has 26 heavy (non-hydrogen) atoms. The average molecular weight is 414 g/mol. The Balaban J connectivity index is 2.45. The molecular weight excluding hydrogens is 397 g/mol. The van der Waals surface area contributed by atoms with E-state index < -0.39 is 11.9 Å². The number of anilines is 1. The Bertz CT molecular complexity index is 876. The predicted octanol–water partition coefficient (Wildman–Crippen LogP) is 5.39. The van der Waals surface area contributed by atoms with Crippen molar-refractivity contribution in [2.75, 3.05) is 11.9 Å². The lowest BCUT2D eigenvalue weighted by molar-refractivity contribution is 0.0527. The molecule has 0 atom stereocenters. The first-order chi connectivity index (χ1) is 12.3. The lowest BCUT2D eigenvalue weighted by Crippen LogP contribution is -2.15. The molecule has 8 heteroatoms. The van der Waals surface area contributed by atoms with E-state index in [-0.39, 0.29) is 33.5 Å². The molecule has 0 aliphatic rings. The van der Waals surface area contributed by atoms with Gasteiger partial charge in [-0.1, -0.05) is 30.1 Å². The molecule has 1 amide bonds. The molecular formula is C18H17Cl2NO4S. The van der Waals surface area contributed by atoms with Crippen molar-refractivity contribution in [1.29, 1.82) is 0 Å². The number of amides is 1. The van der Waals surface area contributed by atoms with Crippen molar-refractivity contribution in [3.63, 3.8) is 0 Å². The maximum atomic E-state index is 12.6. The minimum absolute atomic E-state index is 0.108. The number of thiophene rings is 1. The second-order valence-corrected chi connectivity index (χ2v) is 7.20. The number of carbonyl (C=O) groups is 3. The normalized spacial score (nSPS) is 10.5. The second kappa shape index (κ2) is 8.66. The highest BCUT2D eigenvalue weighted by molar-refractivity contribution is 7.18. The Labute approximate surface area is 165 Å². The van der Waals surface area contributed by atoms with Crippen molar-refractivity contribution >= 4 is 57.2 Å². The van der Waals surface area contributed by atoms with Crippen LogP contribution in [-0.2, 0) is 4.74 Å². The van der Waals surface area contributed by atoms with Gasteiger partial charge in [0, 0.05) is 11.4 Å². The van der Waals surface area contributed by atoms with Crippen LogP contribution in [0.4, 0.5) is 5.00 Å². The SMILES string of the molecule is CCOC(=O)c1c(NC(=O)c2ccc(Cl)cc2Cl)sc(C(=O)CC)c1C. The maximum Gasteiger partial charge on any atom is 0.341 e. The van der Waals surface area contributed by atoms with Gasteiger partial charge in [0.2, 0.25) is 0 Å². The van der Waals surface area contributed by atoms with Gasteiger partial charge in [-0.2, -0.15) is 0 Å². The van der Waals surface area contributed by atoms with Gasteiger partial charge in [-0.3, -0.25) is 9.59 Å². The number of rotatable bonds is 6. The summed E-state index contributed by atoms with van der Waals surface area (Å²) < 4.78 is 5.06.